The summed E-state index contributed by atoms with van der Waals surface area (Å²) in [5.74, 6) is 0. The van der Waals surface area contributed by atoms with Gasteiger partial charge in [-0.3, -0.25) is 14.3 Å². The monoisotopic (exact) mass is 451 g/mol. The van der Waals surface area contributed by atoms with Crippen molar-refractivity contribution < 1.29 is 13.2 Å². The first-order valence-corrected chi connectivity index (χ1v) is 11.0. The van der Waals surface area contributed by atoms with Gasteiger partial charge in [0.15, 0.2) is 0 Å². The number of fused-ring (bicyclic) bond motifs is 2. The van der Waals surface area contributed by atoms with Gasteiger partial charge in [-0.15, -0.1) is 0 Å². The molecule has 2 atom stereocenters. The molecule has 2 bridgehead atoms. The van der Waals surface area contributed by atoms with Crippen LogP contribution >= 0.6 is 0 Å². The number of pyridine rings is 2. The van der Waals surface area contributed by atoms with Crippen LogP contribution in [0.25, 0.3) is 22.4 Å². The number of hydrogen-bond donors (Lipinski definition) is 1. The predicted octanol–water partition coefficient (Wildman–Crippen LogP) is 5.52. The van der Waals surface area contributed by atoms with Crippen molar-refractivity contribution in [2.24, 2.45) is 0 Å². The molecular weight excluding hydrogens is 427 g/mol. The van der Waals surface area contributed by atoms with Gasteiger partial charge < -0.3 is 5.32 Å². The Bertz CT molecular complexity index is 1310. The van der Waals surface area contributed by atoms with Crippen LogP contribution in [0.3, 0.4) is 0 Å². The summed E-state index contributed by atoms with van der Waals surface area (Å²) in [7, 11) is 0. The highest BCUT2D eigenvalue weighted by Gasteiger charge is 2.34. The molecule has 3 aromatic rings. The number of nitrogens with one attached hydrogen (secondary N) is 1. The largest absolute Gasteiger partial charge is 0.433 e. The van der Waals surface area contributed by atoms with Crippen molar-refractivity contribution in [1.29, 1.82) is 0 Å². The fraction of sp³-hybridized carbons (Fsp3) is 0.308. The molecule has 33 heavy (non-hydrogen) atoms. The number of rotatable bonds is 3. The number of nitrogens with zero attached hydrogens (tertiary/aromatic N) is 2. The maximum Gasteiger partial charge on any atom is 0.433 e. The number of aryl methyl sites for hydroxylation is 1. The summed E-state index contributed by atoms with van der Waals surface area (Å²) in [4.78, 5) is 16.3. The summed E-state index contributed by atoms with van der Waals surface area (Å²) in [5, 5.41) is 3.70. The van der Waals surface area contributed by atoms with Gasteiger partial charge in [-0.2, -0.15) is 13.2 Å². The maximum absolute atomic E-state index is 12.8. The molecule has 7 heteroatoms. The first-order chi connectivity index (χ1) is 15.7. The minimum absolute atomic E-state index is 0.257. The molecule has 1 N–H and O–H groups in total. The first-order valence-electron chi connectivity index (χ1n) is 11.0. The molecular formula is C26H24F3N3O. The van der Waals surface area contributed by atoms with E-state index in [2.05, 4.69) is 30.2 Å². The average molecular weight is 451 g/mol. The van der Waals surface area contributed by atoms with Crippen LogP contribution in [-0.4, -0.2) is 21.6 Å². The van der Waals surface area contributed by atoms with Crippen LogP contribution in [0.5, 0.6) is 0 Å². The van der Waals surface area contributed by atoms with Crippen molar-refractivity contribution >= 4 is 5.57 Å². The van der Waals surface area contributed by atoms with Crippen molar-refractivity contribution in [3.8, 4) is 16.8 Å². The second-order valence-corrected chi connectivity index (χ2v) is 8.94. The Labute approximate surface area is 189 Å². The van der Waals surface area contributed by atoms with Crippen molar-refractivity contribution in [2.45, 2.75) is 51.4 Å². The third-order valence-electron chi connectivity index (χ3n) is 6.69. The molecule has 2 unspecified atom stereocenters. The quantitative estimate of drug-likeness (QED) is 0.570. The normalized spacial score (nSPS) is 20.4. The van der Waals surface area contributed by atoms with Gasteiger partial charge in [-0.25, -0.2) is 0 Å². The van der Waals surface area contributed by atoms with E-state index in [0.29, 0.717) is 23.2 Å². The van der Waals surface area contributed by atoms with Crippen LogP contribution in [0.15, 0.2) is 65.2 Å². The van der Waals surface area contributed by atoms with E-state index in [9.17, 15) is 18.0 Å². The summed E-state index contributed by atoms with van der Waals surface area (Å²) in [6, 6.07) is 12.4. The van der Waals surface area contributed by atoms with E-state index in [1.54, 1.807) is 16.8 Å². The third-order valence-corrected chi connectivity index (χ3v) is 6.69. The Hall–Kier alpha value is -3.19. The minimum atomic E-state index is -4.49. The highest BCUT2D eigenvalue weighted by molar-refractivity contribution is 5.76. The lowest BCUT2D eigenvalue weighted by Gasteiger charge is -2.28. The molecule has 0 aliphatic carbocycles. The van der Waals surface area contributed by atoms with E-state index in [-0.39, 0.29) is 5.56 Å². The molecule has 2 aliphatic rings. The van der Waals surface area contributed by atoms with Crippen molar-refractivity contribution in [3.63, 3.8) is 0 Å². The Morgan fingerprint density at radius 1 is 1.03 bits per heavy atom. The topological polar surface area (TPSA) is 46.9 Å². The summed E-state index contributed by atoms with van der Waals surface area (Å²) in [6.07, 6.45) is 1.73. The fourth-order valence-corrected chi connectivity index (χ4v) is 5.11. The van der Waals surface area contributed by atoms with Gasteiger partial charge in [0, 0.05) is 41.8 Å². The number of hydrogen-bond acceptors (Lipinski definition) is 3. The van der Waals surface area contributed by atoms with Gasteiger partial charge in [0.05, 0.1) is 0 Å². The van der Waals surface area contributed by atoms with E-state index in [1.807, 2.05) is 12.1 Å². The molecule has 5 rings (SSSR count). The standard InChI is InChI=1S/C26H24F3N3O/c1-15-12-20(5-6-21(15)25-16(2)11-19-4-7-22(25)31-19)32-10-9-17(13-24(32)33)18-3-8-23(30-14-18)26(27,28)29/h3,5-6,8-10,12-14,19,22,31H,4,7,11H2,1-2H3. The van der Waals surface area contributed by atoms with Gasteiger partial charge in [-0.05, 0) is 79.6 Å². The molecule has 170 valence electrons. The number of aromatic nitrogens is 2. The van der Waals surface area contributed by atoms with Crippen LogP contribution in [0.4, 0.5) is 13.2 Å². The van der Waals surface area contributed by atoms with Crippen molar-refractivity contribution in [2.75, 3.05) is 0 Å². The molecule has 0 radical (unpaired) electrons. The Balaban J connectivity index is 1.45. The summed E-state index contributed by atoms with van der Waals surface area (Å²) in [6.45, 7) is 4.28. The second kappa shape index (κ2) is 7.99. The zero-order valence-electron chi connectivity index (χ0n) is 18.4. The van der Waals surface area contributed by atoms with Crippen LogP contribution in [0.2, 0.25) is 0 Å². The van der Waals surface area contributed by atoms with Crippen molar-refractivity contribution in [3.05, 3.63) is 87.6 Å². The third kappa shape index (κ3) is 4.02. The SMILES string of the molecule is CC1=C(c2ccc(-n3ccc(-c4ccc(C(F)(F)F)nc4)cc3=O)cc2C)C2CCC(C1)N2. The van der Waals surface area contributed by atoms with Crippen LogP contribution < -0.4 is 10.9 Å². The summed E-state index contributed by atoms with van der Waals surface area (Å²) < 4.78 is 39.8. The predicted molar refractivity (Wildman–Crippen MR) is 122 cm³/mol. The van der Waals surface area contributed by atoms with Crippen LogP contribution in [0.1, 0.15) is 43.0 Å². The minimum Gasteiger partial charge on any atom is -0.307 e. The molecule has 0 spiro atoms. The highest BCUT2D eigenvalue weighted by atomic mass is 19.4. The molecule has 4 nitrogen and oxygen atoms in total. The first kappa shape index (κ1) is 21.6. The highest BCUT2D eigenvalue weighted by Crippen LogP contribution is 2.38. The van der Waals surface area contributed by atoms with Crippen LogP contribution in [-0.2, 0) is 6.18 Å². The smallest absolute Gasteiger partial charge is 0.307 e. The Morgan fingerprint density at radius 3 is 2.52 bits per heavy atom. The van der Waals surface area contributed by atoms with Gasteiger partial charge in [-0.1, -0.05) is 17.7 Å². The van der Waals surface area contributed by atoms with Gasteiger partial charge in [0.2, 0.25) is 0 Å². The van der Waals surface area contributed by atoms with Gasteiger partial charge in [0.1, 0.15) is 5.69 Å². The zero-order valence-corrected chi connectivity index (χ0v) is 18.4. The van der Waals surface area contributed by atoms with Crippen LogP contribution in [0, 0.1) is 6.92 Å². The van der Waals surface area contributed by atoms with E-state index in [1.165, 1.54) is 35.3 Å². The summed E-state index contributed by atoms with van der Waals surface area (Å²) in [5.41, 5.74) is 5.66. The fourth-order valence-electron chi connectivity index (χ4n) is 5.11. The molecule has 2 aromatic heterocycles. The molecule has 2 aliphatic heterocycles. The number of halogens is 3. The second-order valence-electron chi connectivity index (χ2n) is 8.94. The van der Waals surface area contributed by atoms with Crippen molar-refractivity contribution in [1.82, 2.24) is 14.9 Å². The van der Waals surface area contributed by atoms with E-state index in [0.717, 1.165) is 36.4 Å². The molecule has 1 saturated heterocycles. The molecule has 1 fully saturated rings. The lowest BCUT2D eigenvalue weighted by atomic mass is 9.88. The maximum atomic E-state index is 12.8. The Kier molecular flexibility index (Phi) is 5.24. The molecule has 0 amide bonds. The number of benzene rings is 1. The molecule has 4 heterocycles. The van der Waals surface area contributed by atoms with Gasteiger partial charge >= 0.3 is 6.18 Å². The Morgan fingerprint density at radius 2 is 1.85 bits per heavy atom. The lowest BCUT2D eigenvalue weighted by Crippen LogP contribution is -2.35. The molecule has 0 saturated carbocycles. The average Bonchev–Trinajstić information content (AvgIpc) is 3.16. The number of alkyl halides is 3. The van der Waals surface area contributed by atoms with E-state index < -0.39 is 11.9 Å². The van der Waals surface area contributed by atoms with E-state index in [4.69, 9.17) is 0 Å². The lowest BCUT2D eigenvalue weighted by molar-refractivity contribution is -0.141. The summed E-state index contributed by atoms with van der Waals surface area (Å²) >= 11 is 0. The molecule has 1 aromatic carbocycles. The van der Waals surface area contributed by atoms with E-state index >= 15 is 0 Å². The zero-order chi connectivity index (χ0) is 23.3. The van der Waals surface area contributed by atoms with Gasteiger partial charge in [0.25, 0.3) is 5.56 Å².